The van der Waals surface area contributed by atoms with Crippen LogP contribution in [0.25, 0.3) is 0 Å². The van der Waals surface area contributed by atoms with Gasteiger partial charge in [-0.15, -0.1) is 0 Å². The maximum Gasteiger partial charge on any atom is 0.138 e. The molecule has 0 aliphatic carbocycles. The van der Waals surface area contributed by atoms with Crippen LogP contribution in [-0.4, -0.2) is 18.2 Å². The summed E-state index contributed by atoms with van der Waals surface area (Å²) in [6.07, 6.45) is 1.02. The predicted molar refractivity (Wildman–Crippen MR) is 78.9 cm³/mol. The summed E-state index contributed by atoms with van der Waals surface area (Å²) in [5.41, 5.74) is 0.0839. The van der Waals surface area contributed by atoms with E-state index in [1.807, 2.05) is 6.07 Å². The molecule has 0 saturated heterocycles. The first-order chi connectivity index (χ1) is 8.31. The number of nitrogens with one attached hydrogen (secondary N) is 1. The lowest BCUT2D eigenvalue weighted by Gasteiger charge is -2.25. The van der Waals surface area contributed by atoms with E-state index in [0.717, 1.165) is 13.0 Å². The number of rotatable bonds is 5. The van der Waals surface area contributed by atoms with E-state index in [4.69, 9.17) is 27.9 Å². The van der Waals surface area contributed by atoms with E-state index in [1.165, 1.54) is 0 Å². The van der Waals surface area contributed by atoms with Crippen LogP contribution in [0.2, 0.25) is 10.0 Å². The molecule has 18 heavy (non-hydrogen) atoms. The van der Waals surface area contributed by atoms with Crippen molar-refractivity contribution in [2.75, 3.05) is 6.54 Å². The normalized spacial score (nSPS) is 13.4. The molecule has 2 nitrogen and oxygen atoms in total. The average Bonchev–Trinajstić information content (AvgIpc) is 2.25. The van der Waals surface area contributed by atoms with Gasteiger partial charge >= 0.3 is 0 Å². The largest absolute Gasteiger partial charge is 0.488 e. The van der Waals surface area contributed by atoms with Crippen LogP contribution in [0.15, 0.2) is 18.2 Å². The number of ether oxygens (including phenoxy) is 1. The zero-order chi connectivity index (χ0) is 13.8. The molecule has 0 amide bonds. The van der Waals surface area contributed by atoms with Gasteiger partial charge in [-0.3, -0.25) is 0 Å². The van der Waals surface area contributed by atoms with Crippen LogP contribution in [-0.2, 0) is 0 Å². The molecule has 0 bridgehead atoms. The summed E-state index contributed by atoms with van der Waals surface area (Å²) in [6.45, 7) is 9.29. The van der Waals surface area contributed by atoms with Gasteiger partial charge in [0.25, 0.3) is 0 Å². The molecule has 0 radical (unpaired) electrons. The van der Waals surface area contributed by atoms with Crippen LogP contribution in [0.3, 0.4) is 0 Å². The van der Waals surface area contributed by atoms with Crippen LogP contribution >= 0.6 is 23.2 Å². The quantitative estimate of drug-likeness (QED) is 0.859. The standard InChI is InChI=1S/C14H21Cl2NO/c1-5-11(9-17-14(2,3)4)18-13-7-6-10(15)8-12(13)16/h6-8,11,17H,5,9H2,1-4H3. The van der Waals surface area contributed by atoms with Crippen LogP contribution in [0, 0.1) is 0 Å². The highest BCUT2D eigenvalue weighted by Crippen LogP contribution is 2.28. The molecular weight excluding hydrogens is 269 g/mol. The van der Waals surface area contributed by atoms with E-state index >= 15 is 0 Å². The van der Waals surface area contributed by atoms with Crippen molar-refractivity contribution in [2.24, 2.45) is 0 Å². The fraction of sp³-hybridized carbons (Fsp3) is 0.571. The molecule has 0 aromatic heterocycles. The van der Waals surface area contributed by atoms with Gasteiger partial charge < -0.3 is 10.1 Å². The van der Waals surface area contributed by atoms with Crippen LogP contribution < -0.4 is 10.1 Å². The third-order valence-electron chi connectivity index (χ3n) is 2.50. The first-order valence-electron chi connectivity index (χ1n) is 6.18. The molecule has 0 spiro atoms. The zero-order valence-corrected chi connectivity index (χ0v) is 12.9. The molecule has 1 unspecified atom stereocenters. The molecule has 1 aromatic carbocycles. The highest BCUT2D eigenvalue weighted by molar-refractivity contribution is 6.35. The molecule has 0 fully saturated rings. The van der Waals surface area contributed by atoms with E-state index in [1.54, 1.807) is 12.1 Å². The minimum atomic E-state index is 0.0839. The number of hydrogen-bond donors (Lipinski definition) is 1. The van der Waals surface area contributed by atoms with Crippen molar-refractivity contribution in [3.05, 3.63) is 28.2 Å². The second kappa shape index (κ2) is 6.65. The molecule has 1 rings (SSSR count). The topological polar surface area (TPSA) is 21.3 Å². The predicted octanol–water partition coefficient (Wildman–Crippen LogP) is 4.54. The van der Waals surface area contributed by atoms with Gasteiger partial charge in [0.1, 0.15) is 11.9 Å². The monoisotopic (exact) mass is 289 g/mol. The van der Waals surface area contributed by atoms with Crippen molar-refractivity contribution in [3.8, 4) is 5.75 Å². The maximum atomic E-state index is 6.09. The summed E-state index contributed by atoms with van der Waals surface area (Å²) in [6, 6.07) is 5.29. The smallest absolute Gasteiger partial charge is 0.138 e. The molecule has 1 atom stereocenters. The van der Waals surface area contributed by atoms with Gasteiger partial charge in [0, 0.05) is 17.1 Å². The second-order valence-corrected chi connectivity index (χ2v) is 6.20. The molecule has 1 aromatic rings. The van der Waals surface area contributed by atoms with Gasteiger partial charge in [0.2, 0.25) is 0 Å². The lowest BCUT2D eigenvalue weighted by Crippen LogP contribution is -2.42. The third kappa shape index (κ3) is 5.47. The van der Waals surface area contributed by atoms with Gasteiger partial charge in [0.05, 0.1) is 5.02 Å². The molecule has 0 heterocycles. The van der Waals surface area contributed by atoms with Crippen molar-refractivity contribution in [2.45, 2.75) is 45.8 Å². The Morgan fingerprint density at radius 3 is 2.44 bits per heavy atom. The molecule has 0 aliphatic heterocycles. The van der Waals surface area contributed by atoms with E-state index in [-0.39, 0.29) is 11.6 Å². The van der Waals surface area contributed by atoms with E-state index in [9.17, 15) is 0 Å². The molecular formula is C14H21Cl2NO. The van der Waals surface area contributed by atoms with Crippen LogP contribution in [0.1, 0.15) is 34.1 Å². The SMILES string of the molecule is CCC(CNC(C)(C)C)Oc1ccc(Cl)cc1Cl. The van der Waals surface area contributed by atoms with E-state index < -0.39 is 0 Å². The van der Waals surface area contributed by atoms with Gasteiger partial charge in [0.15, 0.2) is 0 Å². The number of benzene rings is 1. The van der Waals surface area contributed by atoms with E-state index in [2.05, 4.69) is 33.0 Å². The molecule has 0 saturated carbocycles. The van der Waals surface area contributed by atoms with Crippen molar-refractivity contribution >= 4 is 23.2 Å². The summed E-state index contributed by atoms with van der Waals surface area (Å²) in [7, 11) is 0. The third-order valence-corrected chi connectivity index (χ3v) is 3.03. The van der Waals surface area contributed by atoms with Crippen molar-refractivity contribution in [1.29, 1.82) is 0 Å². The lowest BCUT2D eigenvalue weighted by molar-refractivity contribution is 0.181. The van der Waals surface area contributed by atoms with E-state index in [0.29, 0.717) is 15.8 Å². The Hall–Kier alpha value is -0.440. The second-order valence-electron chi connectivity index (χ2n) is 5.35. The summed E-state index contributed by atoms with van der Waals surface area (Å²) < 4.78 is 5.89. The zero-order valence-electron chi connectivity index (χ0n) is 11.4. The highest BCUT2D eigenvalue weighted by atomic mass is 35.5. The fourth-order valence-corrected chi connectivity index (χ4v) is 1.89. The first kappa shape index (κ1) is 15.6. The van der Waals surface area contributed by atoms with Gasteiger partial charge in [-0.1, -0.05) is 30.1 Å². The summed E-state index contributed by atoms with van der Waals surface area (Å²) in [5.74, 6) is 0.684. The molecule has 4 heteroatoms. The Balaban J connectivity index is 2.62. The molecule has 1 N–H and O–H groups in total. The molecule has 0 aliphatic rings. The Bertz CT molecular complexity index is 388. The minimum absolute atomic E-state index is 0.0839. The van der Waals surface area contributed by atoms with Crippen molar-refractivity contribution in [3.63, 3.8) is 0 Å². The molecule has 102 valence electrons. The Morgan fingerprint density at radius 1 is 1.28 bits per heavy atom. The number of hydrogen-bond acceptors (Lipinski definition) is 2. The lowest BCUT2D eigenvalue weighted by atomic mass is 10.1. The van der Waals surface area contributed by atoms with Crippen LogP contribution in [0.5, 0.6) is 5.75 Å². The Kier molecular flexibility index (Phi) is 5.77. The van der Waals surface area contributed by atoms with Gasteiger partial charge in [-0.05, 0) is 45.4 Å². The Labute approximate surface area is 120 Å². The summed E-state index contributed by atoms with van der Waals surface area (Å²) >= 11 is 11.9. The van der Waals surface area contributed by atoms with Crippen LogP contribution in [0.4, 0.5) is 0 Å². The highest BCUT2D eigenvalue weighted by Gasteiger charge is 2.15. The van der Waals surface area contributed by atoms with Crippen molar-refractivity contribution < 1.29 is 4.74 Å². The van der Waals surface area contributed by atoms with Crippen molar-refractivity contribution in [1.82, 2.24) is 5.32 Å². The summed E-state index contributed by atoms with van der Waals surface area (Å²) in [4.78, 5) is 0. The summed E-state index contributed by atoms with van der Waals surface area (Å²) in [5, 5.41) is 4.60. The minimum Gasteiger partial charge on any atom is -0.488 e. The fourth-order valence-electron chi connectivity index (χ4n) is 1.44. The first-order valence-corrected chi connectivity index (χ1v) is 6.94. The average molecular weight is 290 g/mol. The van der Waals surface area contributed by atoms with Gasteiger partial charge in [-0.2, -0.15) is 0 Å². The number of halogens is 2. The Morgan fingerprint density at radius 2 is 1.94 bits per heavy atom. The van der Waals surface area contributed by atoms with Gasteiger partial charge in [-0.25, -0.2) is 0 Å². The maximum absolute atomic E-state index is 6.09.